The molecule has 4 nitrogen and oxygen atoms in total. The molecule has 1 N–H and O–H groups in total. The molecular weight excluding hydrogens is 360 g/mol. The summed E-state index contributed by atoms with van der Waals surface area (Å²) in [6.45, 7) is 1.88. The van der Waals surface area contributed by atoms with E-state index in [1.807, 2.05) is 13.0 Å². The van der Waals surface area contributed by atoms with Crippen LogP contribution in [0, 0.1) is 6.92 Å². The van der Waals surface area contributed by atoms with Crippen molar-refractivity contribution in [2.45, 2.75) is 11.1 Å². The lowest BCUT2D eigenvalue weighted by Gasteiger charge is -2.08. The highest BCUT2D eigenvalue weighted by Gasteiger charge is 2.18. The normalized spacial score (nSPS) is 11.5. The zero-order chi connectivity index (χ0) is 13.3. The Hall–Kier alpha value is -0.630. The Balaban J connectivity index is 2.36. The highest BCUT2D eigenvalue weighted by Crippen LogP contribution is 2.28. The molecule has 2 aromatic rings. The van der Waals surface area contributed by atoms with E-state index >= 15 is 0 Å². The van der Waals surface area contributed by atoms with E-state index in [0.717, 1.165) is 16.9 Å². The summed E-state index contributed by atoms with van der Waals surface area (Å²) in [5, 5.41) is 0. The second kappa shape index (κ2) is 5.16. The topological polar surface area (TPSA) is 59.1 Å². The van der Waals surface area contributed by atoms with E-state index in [-0.39, 0.29) is 8.68 Å². The number of rotatable bonds is 3. The van der Waals surface area contributed by atoms with Crippen LogP contribution < -0.4 is 4.72 Å². The van der Waals surface area contributed by atoms with Gasteiger partial charge in [0.1, 0.15) is 0 Å². The lowest BCUT2D eigenvalue weighted by molar-refractivity contribution is 0.603. The lowest BCUT2D eigenvalue weighted by Crippen LogP contribution is -2.12. The first-order valence-corrected chi connectivity index (χ1v) is 8.26. The molecule has 96 valence electrons. The zero-order valence-corrected chi connectivity index (χ0v) is 13.1. The van der Waals surface area contributed by atoms with Gasteiger partial charge in [0.05, 0.1) is 11.9 Å². The maximum Gasteiger partial charge on any atom is 0.273 e. The van der Waals surface area contributed by atoms with E-state index in [0.29, 0.717) is 10.2 Å². The first kappa shape index (κ1) is 13.8. The first-order chi connectivity index (χ1) is 8.38. The number of aromatic nitrogens is 1. The Labute approximate surface area is 122 Å². The van der Waals surface area contributed by atoms with Gasteiger partial charge >= 0.3 is 0 Å². The average Bonchev–Trinajstić information content (AvgIpc) is 2.71. The molecule has 2 rings (SSSR count). The molecule has 0 fully saturated rings. The number of nitrogens with zero attached hydrogens (tertiary/aromatic N) is 1. The Morgan fingerprint density at radius 2 is 2.17 bits per heavy atom. The fraction of sp³-hybridized carbons (Fsp3) is 0.100. The summed E-state index contributed by atoms with van der Waals surface area (Å²) >= 11 is 9.84. The van der Waals surface area contributed by atoms with Crippen molar-refractivity contribution in [2.24, 2.45) is 0 Å². The Morgan fingerprint density at radius 1 is 1.44 bits per heavy atom. The molecule has 0 radical (unpaired) electrons. The largest absolute Gasteiger partial charge is 0.278 e. The molecule has 0 aliphatic carbocycles. The smallest absolute Gasteiger partial charge is 0.273 e. The number of thiazole rings is 1. The molecule has 1 aromatic carbocycles. The van der Waals surface area contributed by atoms with Gasteiger partial charge in [-0.25, -0.2) is 13.4 Å². The average molecular weight is 368 g/mol. The quantitative estimate of drug-likeness (QED) is 0.900. The summed E-state index contributed by atoms with van der Waals surface area (Å²) in [4.78, 5) is 3.72. The van der Waals surface area contributed by atoms with E-state index in [2.05, 4.69) is 25.6 Å². The summed E-state index contributed by atoms with van der Waals surface area (Å²) in [6.07, 6.45) is 1.24. The van der Waals surface area contributed by atoms with Crippen molar-refractivity contribution in [2.75, 3.05) is 4.72 Å². The summed E-state index contributed by atoms with van der Waals surface area (Å²) in [7, 11) is -3.64. The number of sulfonamides is 1. The van der Waals surface area contributed by atoms with Crippen molar-refractivity contribution in [3.05, 3.63) is 38.9 Å². The van der Waals surface area contributed by atoms with Gasteiger partial charge in [0.25, 0.3) is 10.0 Å². The molecule has 0 amide bonds. The number of aryl methyl sites for hydroxylation is 1. The number of halogens is 2. The van der Waals surface area contributed by atoms with Crippen LogP contribution in [-0.2, 0) is 10.0 Å². The molecule has 0 atom stereocenters. The van der Waals surface area contributed by atoms with Gasteiger partial charge in [-0.2, -0.15) is 0 Å². The van der Waals surface area contributed by atoms with Gasteiger partial charge in [-0.05, 0) is 40.5 Å². The molecule has 8 heteroatoms. The maximum absolute atomic E-state index is 12.1. The van der Waals surface area contributed by atoms with Crippen molar-refractivity contribution in [3.8, 4) is 0 Å². The highest BCUT2D eigenvalue weighted by atomic mass is 79.9. The minimum Gasteiger partial charge on any atom is -0.278 e. The molecule has 0 saturated heterocycles. The van der Waals surface area contributed by atoms with E-state index < -0.39 is 10.0 Å². The molecule has 0 saturated carbocycles. The predicted molar refractivity (Wildman–Crippen MR) is 76.8 cm³/mol. The van der Waals surface area contributed by atoms with Crippen molar-refractivity contribution in [3.63, 3.8) is 0 Å². The van der Waals surface area contributed by atoms with Crippen LogP contribution in [0.5, 0.6) is 0 Å². The Bertz CT molecular complexity index is 685. The van der Waals surface area contributed by atoms with Crippen LogP contribution >= 0.6 is 38.9 Å². The van der Waals surface area contributed by atoms with Gasteiger partial charge in [-0.15, -0.1) is 0 Å². The van der Waals surface area contributed by atoms with Crippen LogP contribution in [0.2, 0.25) is 4.47 Å². The van der Waals surface area contributed by atoms with Crippen molar-refractivity contribution in [1.82, 2.24) is 4.98 Å². The van der Waals surface area contributed by atoms with E-state index in [1.165, 1.54) is 6.20 Å². The third kappa shape index (κ3) is 3.03. The van der Waals surface area contributed by atoms with Gasteiger partial charge < -0.3 is 0 Å². The van der Waals surface area contributed by atoms with Crippen LogP contribution in [0.3, 0.4) is 0 Å². The van der Waals surface area contributed by atoms with Gasteiger partial charge in [0.15, 0.2) is 8.68 Å². The number of benzene rings is 1. The van der Waals surface area contributed by atoms with Crippen molar-refractivity contribution < 1.29 is 8.42 Å². The molecular formula is C10H8BrClN2O2S2. The predicted octanol–water partition coefficient (Wildman–Crippen LogP) is 3.67. The van der Waals surface area contributed by atoms with Gasteiger partial charge in [-0.1, -0.05) is 29.0 Å². The van der Waals surface area contributed by atoms with Crippen LogP contribution in [0.25, 0.3) is 0 Å². The van der Waals surface area contributed by atoms with E-state index in [1.54, 1.807) is 12.1 Å². The monoisotopic (exact) mass is 366 g/mol. The summed E-state index contributed by atoms with van der Waals surface area (Å²) in [5.74, 6) is 0. The van der Waals surface area contributed by atoms with Gasteiger partial charge in [-0.3, -0.25) is 4.72 Å². The first-order valence-electron chi connectivity index (χ1n) is 4.79. The lowest BCUT2D eigenvalue weighted by atomic mass is 10.2. The fourth-order valence-electron chi connectivity index (χ4n) is 1.28. The summed E-state index contributed by atoms with van der Waals surface area (Å²) < 4.78 is 27.6. The van der Waals surface area contributed by atoms with Gasteiger partial charge in [0, 0.05) is 4.47 Å². The number of hydrogen-bond acceptors (Lipinski definition) is 4. The summed E-state index contributed by atoms with van der Waals surface area (Å²) in [5.41, 5.74) is 1.44. The number of anilines is 1. The molecule has 18 heavy (non-hydrogen) atoms. The molecule has 0 aliphatic rings. The van der Waals surface area contributed by atoms with Crippen LogP contribution in [0.1, 0.15) is 5.56 Å². The van der Waals surface area contributed by atoms with Crippen LogP contribution in [0.4, 0.5) is 5.69 Å². The molecule has 1 aromatic heterocycles. The van der Waals surface area contributed by atoms with Crippen molar-refractivity contribution in [1.29, 1.82) is 0 Å². The minimum absolute atomic E-state index is 0.0842. The molecule has 0 spiro atoms. The standard InChI is InChI=1S/C10H8BrClN2O2S2/c1-6-2-3-7(11)8(4-6)14-18(15,16)9-5-13-10(12)17-9/h2-5,14H,1H3. The second-order valence-electron chi connectivity index (χ2n) is 3.52. The van der Waals surface area contributed by atoms with E-state index in [9.17, 15) is 8.42 Å². The molecule has 0 aliphatic heterocycles. The van der Waals surface area contributed by atoms with Crippen molar-refractivity contribution >= 4 is 54.6 Å². The minimum atomic E-state index is -3.64. The van der Waals surface area contributed by atoms with Crippen LogP contribution in [0.15, 0.2) is 33.1 Å². The third-order valence-electron chi connectivity index (χ3n) is 2.09. The molecule has 1 heterocycles. The Kier molecular flexibility index (Phi) is 3.96. The zero-order valence-electron chi connectivity index (χ0n) is 9.15. The fourth-order valence-corrected chi connectivity index (χ4v) is 4.12. The summed E-state index contributed by atoms with van der Waals surface area (Å²) in [6, 6.07) is 5.41. The Morgan fingerprint density at radius 3 is 2.78 bits per heavy atom. The van der Waals surface area contributed by atoms with E-state index in [4.69, 9.17) is 11.6 Å². The van der Waals surface area contributed by atoms with Gasteiger partial charge in [0.2, 0.25) is 0 Å². The SMILES string of the molecule is Cc1ccc(Br)c(NS(=O)(=O)c2cnc(Cl)s2)c1. The third-order valence-corrected chi connectivity index (χ3v) is 5.72. The molecule has 0 bridgehead atoms. The maximum atomic E-state index is 12.1. The second-order valence-corrected chi connectivity index (χ2v) is 7.90. The van der Waals surface area contributed by atoms with Crippen LogP contribution in [-0.4, -0.2) is 13.4 Å². The highest BCUT2D eigenvalue weighted by molar-refractivity contribution is 9.10. The number of nitrogens with one attached hydrogen (secondary N) is 1. The number of hydrogen-bond donors (Lipinski definition) is 1. The molecule has 0 unspecified atom stereocenters.